The highest BCUT2D eigenvalue weighted by molar-refractivity contribution is 6.34. The van der Waals surface area contributed by atoms with Gasteiger partial charge in [0.15, 0.2) is 5.82 Å². The average Bonchev–Trinajstić information content (AvgIpc) is 2.68. The van der Waals surface area contributed by atoms with Crippen LogP contribution in [0.3, 0.4) is 0 Å². The summed E-state index contributed by atoms with van der Waals surface area (Å²) >= 11 is 6.60. The second kappa shape index (κ2) is 7.18. The molecule has 0 radical (unpaired) electrons. The summed E-state index contributed by atoms with van der Waals surface area (Å²) in [6.07, 6.45) is 0. The van der Waals surface area contributed by atoms with Gasteiger partial charge in [-0.2, -0.15) is 0 Å². The van der Waals surface area contributed by atoms with Gasteiger partial charge in [0.25, 0.3) is 0 Å². The summed E-state index contributed by atoms with van der Waals surface area (Å²) in [6.45, 7) is 3.55. The second-order valence-electron chi connectivity index (χ2n) is 8.10. The molecule has 1 aliphatic heterocycles. The van der Waals surface area contributed by atoms with Crippen LogP contribution in [-0.2, 0) is 0 Å². The molecule has 4 nitrogen and oxygen atoms in total. The predicted octanol–water partition coefficient (Wildman–Crippen LogP) is 5.30. The Morgan fingerprint density at radius 2 is 1.77 bits per heavy atom. The molecule has 0 saturated carbocycles. The van der Waals surface area contributed by atoms with E-state index in [1.165, 1.54) is 0 Å². The molecule has 0 amide bonds. The minimum Gasteiger partial charge on any atom is -0.338 e. The van der Waals surface area contributed by atoms with E-state index < -0.39 is 5.82 Å². The number of aryl methyl sites for hydroxylation is 1. The molecule has 0 spiro atoms. The second-order valence-corrected chi connectivity index (χ2v) is 8.51. The summed E-state index contributed by atoms with van der Waals surface area (Å²) in [6, 6.07) is 16.0. The minimum atomic E-state index is -0.398. The van der Waals surface area contributed by atoms with E-state index in [0.717, 1.165) is 35.1 Å². The van der Waals surface area contributed by atoms with Crippen LogP contribution in [0, 0.1) is 12.7 Å². The van der Waals surface area contributed by atoms with Crippen molar-refractivity contribution in [2.24, 2.45) is 0 Å². The maximum atomic E-state index is 15.9. The molecule has 4 aromatic rings. The van der Waals surface area contributed by atoms with Crippen molar-refractivity contribution in [2.75, 3.05) is 32.1 Å². The van der Waals surface area contributed by atoms with Crippen LogP contribution in [0.1, 0.15) is 5.69 Å². The Balaban J connectivity index is 1.69. The fourth-order valence-corrected chi connectivity index (χ4v) is 4.40. The Morgan fingerprint density at radius 1 is 1.03 bits per heavy atom. The van der Waals surface area contributed by atoms with Crippen LogP contribution in [0.2, 0.25) is 5.02 Å². The van der Waals surface area contributed by atoms with Gasteiger partial charge in [0.05, 0.1) is 10.7 Å². The molecular weight excluding hydrogens is 399 g/mol. The first-order valence-corrected chi connectivity index (χ1v) is 10.4. The lowest BCUT2D eigenvalue weighted by Crippen LogP contribution is -2.58. The van der Waals surface area contributed by atoms with Gasteiger partial charge in [-0.25, -0.2) is 14.4 Å². The van der Waals surface area contributed by atoms with Crippen molar-refractivity contribution in [1.82, 2.24) is 14.9 Å². The third-order valence-electron chi connectivity index (χ3n) is 6.00. The molecule has 1 fully saturated rings. The van der Waals surface area contributed by atoms with Crippen molar-refractivity contribution < 1.29 is 4.39 Å². The largest absolute Gasteiger partial charge is 0.338 e. The molecule has 0 bridgehead atoms. The number of anilines is 1. The van der Waals surface area contributed by atoms with E-state index in [0.29, 0.717) is 33.5 Å². The van der Waals surface area contributed by atoms with Crippen LogP contribution >= 0.6 is 11.6 Å². The van der Waals surface area contributed by atoms with E-state index in [9.17, 15) is 0 Å². The number of halogens is 2. The summed E-state index contributed by atoms with van der Waals surface area (Å²) in [5, 5.41) is 3.02. The number of hydrogen-bond donors (Lipinski definition) is 0. The van der Waals surface area contributed by atoms with Gasteiger partial charge < -0.3 is 9.80 Å². The van der Waals surface area contributed by atoms with E-state index in [-0.39, 0.29) is 0 Å². The van der Waals surface area contributed by atoms with Crippen molar-refractivity contribution in [3.63, 3.8) is 0 Å². The van der Waals surface area contributed by atoms with Crippen molar-refractivity contribution in [3.8, 4) is 11.1 Å². The van der Waals surface area contributed by atoms with Gasteiger partial charge in [-0.3, -0.25) is 0 Å². The van der Waals surface area contributed by atoms with Gasteiger partial charge in [-0.1, -0.05) is 54.1 Å². The van der Waals surface area contributed by atoms with Gasteiger partial charge in [0.1, 0.15) is 5.52 Å². The van der Waals surface area contributed by atoms with Crippen LogP contribution in [0.5, 0.6) is 0 Å². The molecule has 6 heteroatoms. The molecule has 0 aliphatic carbocycles. The van der Waals surface area contributed by atoms with Gasteiger partial charge in [0, 0.05) is 30.1 Å². The molecular formula is C24H22ClFN4. The van der Waals surface area contributed by atoms with E-state index >= 15 is 4.39 Å². The number of aromatic nitrogens is 2. The number of hydrogen-bond acceptors (Lipinski definition) is 4. The van der Waals surface area contributed by atoms with E-state index in [1.807, 2.05) is 49.4 Å². The molecule has 0 N–H and O–H groups in total. The van der Waals surface area contributed by atoms with E-state index in [4.69, 9.17) is 11.6 Å². The number of nitrogens with zero attached hydrogens (tertiary/aromatic N) is 4. The van der Waals surface area contributed by atoms with Crippen molar-refractivity contribution in [3.05, 3.63) is 65.1 Å². The van der Waals surface area contributed by atoms with Gasteiger partial charge >= 0.3 is 0 Å². The third-order valence-corrected chi connectivity index (χ3v) is 6.29. The Labute approximate surface area is 179 Å². The molecule has 2 heterocycles. The minimum absolute atomic E-state index is 0.318. The predicted molar refractivity (Wildman–Crippen MR) is 122 cm³/mol. The van der Waals surface area contributed by atoms with Crippen LogP contribution in [0.25, 0.3) is 32.8 Å². The zero-order chi connectivity index (χ0) is 21.0. The molecule has 5 rings (SSSR count). The molecule has 152 valence electrons. The smallest absolute Gasteiger partial charge is 0.226 e. The summed E-state index contributed by atoms with van der Waals surface area (Å²) in [4.78, 5) is 13.5. The highest BCUT2D eigenvalue weighted by Crippen LogP contribution is 2.39. The number of rotatable bonds is 3. The lowest BCUT2D eigenvalue weighted by Gasteiger charge is -2.42. The quantitative estimate of drug-likeness (QED) is 0.450. The summed E-state index contributed by atoms with van der Waals surface area (Å²) < 4.78 is 15.9. The zero-order valence-electron chi connectivity index (χ0n) is 17.2. The standard InChI is InChI=1S/C24H22ClFN4/c1-14-19-11-20(25)21(18-10-6-8-15-7-4-5-9-17(15)18)22(26)23(19)28-24(27-14)30-12-16(13-30)29(2)3/h4-11,16H,12-13H2,1-3H3. The van der Waals surface area contributed by atoms with Gasteiger partial charge in [-0.05, 0) is 43.4 Å². The van der Waals surface area contributed by atoms with Crippen LogP contribution < -0.4 is 4.90 Å². The van der Waals surface area contributed by atoms with Crippen molar-refractivity contribution >= 4 is 39.2 Å². The van der Waals surface area contributed by atoms with Crippen LogP contribution in [-0.4, -0.2) is 48.1 Å². The number of benzene rings is 3. The molecule has 0 unspecified atom stereocenters. The molecule has 3 aromatic carbocycles. The zero-order valence-corrected chi connectivity index (χ0v) is 17.9. The normalized spacial score (nSPS) is 14.7. The van der Waals surface area contributed by atoms with Crippen LogP contribution in [0.15, 0.2) is 48.5 Å². The highest BCUT2D eigenvalue weighted by Gasteiger charge is 2.31. The van der Waals surface area contributed by atoms with E-state index in [1.54, 1.807) is 6.07 Å². The lowest BCUT2D eigenvalue weighted by atomic mass is 9.96. The molecule has 30 heavy (non-hydrogen) atoms. The first kappa shape index (κ1) is 19.2. The Morgan fingerprint density at radius 3 is 2.53 bits per heavy atom. The topological polar surface area (TPSA) is 32.3 Å². The first-order chi connectivity index (χ1) is 14.4. The lowest BCUT2D eigenvalue weighted by molar-refractivity contribution is 0.245. The maximum Gasteiger partial charge on any atom is 0.226 e. The molecule has 1 aromatic heterocycles. The summed E-state index contributed by atoms with van der Waals surface area (Å²) in [5.41, 5.74) is 2.21. The number of fused-ring (bicyclic) bond motifs is 2. The monoisotopic (exact) mass is 420 g/mol. The van der Waals surface area contributed by atoms with Crippen molar-refractivity contribution in [2.45, 2.75) is 13.0 Å². The summed E-state index contributed by atoms with van der Waals surface area (Å²) in [5.74, 6) is 0.175. The van der Waals surface area contributed by atoms with Gasteiger partial charge in [0.2, 0.25) is 5.95 Å². The Hall–Kier alpha value is -2.76. The molecule has 1 aliphatic rings. The average molecular weight is 421 g/mol. The fourth-order valence-electron chi connectivity index (χ4n) is 4.11. The molecule has 1 saturated heterocycles. The summed E-state index contributed by atoms with van der Waals surface area (Å²) in [7, 11) is 4.12. The molecule has 0 atom stereocenters. The maximum absolute atomic E-state index is 15.9. The van der Waals surface area contributed by atoms with Gasteiger partial charge in [-0.15, -0.1) is 0 Å². The van der Waals surface area contributed by atoms with Crippen LogP contribution in [0.4, 0.5) is 10.3 Å². The Bertz CT molecular complexity index is 1280. The SMILES string of the molecule is Cc1nc(N2CC(N(C)C)C2)nc2c(F)c(-c3cccc4ccccc34)c(Cl)cc12. The Kier molecular flexibility index (Phi) is 4.60. The van der Waals surface area contributed by atoms with Crippen molar-refractivity contribution in [1.29, 1.82) is 0 Å². The first-order valence-electron chi connectivity index (χ1n) is 10.00. The third kappa shape index (κ3) is 3.01. The fraction of sp³-hybridized carbons (Fsp3) is 0.250. The number of likely N-dealkylation sites (N-methyl/N-ethyl adjacent to an activating group) is 1. The highest BCUT2D eigenvalue weighted by atomic mass is 35.5. The van der Waals surface area contributed by atoms with E-state index in [2.05, 4.69) is 33.9 Å².